The maximum Gasteiger partial charge on any atom is 0.412 e. The van der Waals surface area contributed by atoms with Crippen molar-refractivity contribution >= 4 is 17.5 Å². The Morgan fingerprint density at radius 3 is 2.65 bits per heavy atom. The molecular weight excluding hydrogens is 218 g/mol. The zero-order valence-corrected chi connectivity index (χ0v) is 10.1. The normalized spacial score (nSPS) is 10.5. The van der Waals surface area contributed by atoms with E-state index in [1.807, 2.05) is 6.07 Å². The number of amides is 1. The third-order valence-electron chi connectivity index (χ3n) is 1.80. The van der Waals surface area contributed by atoms with E-state index < -0.39 is 11.7 Å². The summed E-state index contributed by atoms with van der Waals surface area (Å²) in [7, 11) is 0. The monoisotopic (exact) mass is 233 g/mol. The number of rotatable bonds is 1. The molecule has 17 heavy (non-hydrogen) atoms. The van der Waals surface area contributed by atoms with Gasteiger partial charge in [-0.1, -0.05) is 0 Å². The second-order valence-electron chi connectivity index (χ2n) is 4.54. The van der Waals surface area contributed by atoms with E-state index in [9.17, 15) is 4.79 Å². The first kappa shape index (κ1) is 12.8. The van der Waals surface area contributed by atoms with E-state index in [0.29, 0.717) is 16.9 Å². The summed E-state index contributed by atoms with van der Waals surface area (Å²) in [6.45, 7) is 5.29. The van der Waals surface area contributed by atoms with Gasteiger partial charge in [-0.25, -0.2) is 4.79 Å². The lowest BCUT2D eigenvalue weighted by Gasteiger charge is -2.19. The minimum absolute atomic E-state index is 0.302. The van der Waals surface area contributed by atoms with Crippen LogP contribution in [0.5, 0.6) is 0 Å². The van der Waals surface area contributed by atoms with Crippen LogP contribution in [0.2, 0.25) is 0 Å². The Morgan fingerprint density at radius 1 is 1.47 bits per heavy atom. The van der Waals surface area contributed by atoms with Gasteiger partial charge in [-0.2, -0.15) is 5.26 Å². The quantitative estimate of drug-likeness (QED) is 0.729. The highest BCUT2D eigenvalue weighted by atomic mass is 16.6. The highest BCUT2D eigenvalue weighted by Crippen LogP contribution is 2.19. The number of benzene rings is 1. The number of carbonyl (C=O) groups is 1. The highest BCUT2D eigenvalue weighted by Gasteiger charge is 2.17. The van der Waals surface area contributed by atoms with Gasteiger partial charge in [0, 0.05) is 5.69 Å². The Hall–Kier alpha value is -2.22. The summed E-state index contributed by atoms with van der Waals surface area (Å²) in [5.41, 5.74) is 6.12. The molecule has 3 N–H and O–H groups in total. The van der Waals surface area contributed by atoms with Crippen LogP contribution in [0.25, 0.3) is 0 Å². The summed E-state index contributed by atoms with van der Waals surface area (Å²) in [5.74, 6) is 0. The van der Waals surface area contributed by atoms with Crippen molar-refractivity contribution in [1.82, 2.24) is 0 Å². The molecule has 90 valence electrons. The molecule has 1 aromatic carbocycles. The third-order valence-corrected chi connectivity index (χ3v) is 1.80. The summed E-state index contributed by atoms with van der Waals surface area (Å²) in [6.07, 6.45) is -0.598. The fourth-order valence-electron chi connectivity index (χ4n) is 1.18. The molecule has 0 fully saturated rings. The van der Waals surface area contributed by atoms with Crippen molar-refractivity contribution in [2.75, 3.05) is 11.1 Å². The molecule has 0 aromatic heterocycles. The van der Waals surface area contributed by atoms with E-state index in [1.165, 1.54) is 6.07 Å². The molecule has 1 amide bonds. The van der Waals surface area contributed by atoms with Gasteiger partial charge in [-0.05, 0) is 39.0 Å². The van der Waals surface area contributed by atoms with Gasteiger partial charge in [0.2, 0.25) is 0 Å². The van der Waals surface area contributed by atoms with E-state index >= 15 is 0 Å². The van der Waals surface area contributed by atoms with E-state index in [0.717, 1.165) is 0 Å². The molecule has 0 heterocycles. The van der Waals surface area contributed by atoms with Crippen molar-refractivity contribution in [3.05, 3.63) is 23.8 Å². The summed E-state index contributed by atoms with van der Waals surface area (Å²) in [5, 5.41) is 11.4. The van der Waals surface area contributed by atoms with Crippen molar-refractivity contribution in [2.24, 2.45) is 0 Å². The van der Waals surface area contributed by atoms with Crippen LogP contribution in [-0.2, 0) is 4.74 Å². The first-order valence-corrected chi connectivity index (χ1v) is 5.11. The number of hydrogen-bond donors (Lipinski definition) is 2. The maximum absolute atomic E-state index is 11.5. The van der Waals surface area contributed by atoms with Crippen molar-refractivity contribution in [2.45, 2.75) is 26.4 Å². The Balaban J connectivity index is 2.83. The zero-order valence-electron chi connectivity index (χ0n) is 10.1. The smallest absolute Gasteiger partial charge is 0.412 e. The fourth-order valence-corrected chi connectivity index (χ4v) is 1.18. The van der Waals surface area contributed by atoms with Crippen LogP contribution in [0.3, 0.4) is 0 Å². The molecule has 5 nitrogen and oxygen atoms in total. The van der Waals surface area contributed by atoms with Crippen molar-refractivity contribution in [3.8, 4) is 6.07 Å². The molecule has 0 radical (unpaired) electrons. The van der Waals surface area contributed by atoms with Gasteiger partial charge in [0.15, 0.2) is 0 Å². The molecule has 0 aliphatic carbocycles. The van der Waals surface area contributed by atoms with Crippen LogP contribution in [0.4, 0.5) is 16.2 Å². The predicted molar refractivity (Wildman–Crippen MR) is 65.4 cm³/mol. The number of hydrogen-bond acceptors (Lipinski definition) is 4. The lowest BCUT2D eigenvalue weighted by Crippen LogP contribution is -2.27. The molecule has 0 saturated carbocycles. The zero-order chi connectivity index (χ0) is 13.1. The molecule has 0 unspecified atom stereocenters. The number of nitrogens with one attached hydrogen (secondary N) is 1. The molecule has 5 heteroatoms. The molecule has 0 aliphatic heterocycles. The molecule has 1 rings (SSSR count). The maximum atomic E-state index is 11.5. The number of nitrogen functional groups attached to an aromatic ring is 1. The minimum atomic E-state index is -0.598. The molecule has 0 aliphatic rings. The Bertz CT molecular complexity index is 470. The molecule has 0 saturated heterocycles. The average Bonchev–Trinajstić information content (AvgIpc) is 2.17. The van der Waals surface area contributed by atoms with Crippen molar-refractivity contribution in [3.63, 3.8) is 0 Å². The number of nitriles is 1. The van der Waals surface area contributed by atoms with Crippen molar-refractivity contribution in [1.29, 1.82) is 5.26 Å². The Kier molecular flexibility index (Phi) is 3.59. The Labute approximate surface area is 100 Å². The van der Waals surface area contributed by atoms with Crippen LogP contribution in [0.15, 0.2) is 18.2 Å². The van der Waals surface area contributed by atoms with Crippen LogP contribution in [-0.4, -0.2) is 11.7 Å². The largest absolute Gasteiger partial charge is 0.444 e. The second-order valence-corrected chi connectivity index (χ2v) is 4.54. The highest BCUT2D eigenvalue weighted by molar-refractivity contribution is 5.87. The number of anilines is 2. The minimum Gasteiger partial charge on any atom is -0.444 e. The third kappa shape index (κ3) is 4.03. The fraction of sp³-hybridized carbons (Fsp3) is 0.333. The van der Waals surface area contributed by atoms with Crippen molar-refractivity contribution < 1.29 is 9.53 Å². The van der Waals surface area contributed by atoms with E-state index in [-0.39, 0.29) is 0 Å². The first-order chi connectivity index (χ1) is 7.81. The van der Waals surface area contributed by atoms with E-state index in [4.69, 9.17) is 15.7 Å². The lowest BCUT2D eigenvalue weighted by molar-refractivity contribution is 0.0636. The number of carbonyl (C=O) groups excluding carboxylic acids is 1. The van der Waals surface area contributed by atoms with Gasteiger partial charge in [-0.3, -0.25) is 5.32 Å². The van der Waals surface area contributed by atoms with Crippen LogP contribution in [0.1, 0.15) is 26.3 Å². The van der Waals surface area contributed by atoms with Gasteiger partial charge in [0.1, 0.15) is 11.7 Å². The number of nitrogens with zero attached hydrogens (tertiary/aromatic N) is 1. The Morgan fingerprint density at radius 2 is 2.12 bits per heavy atom. The summed E-state index contributed by atoms with van der Waals surface area (Å²) >= 11 is 0. The SMILES string of the molecule is CC(C)(C)OC(=O)Nc1ccc(N)cc1C#N. The van der Waals surface area contributed by atoms with Crippen LogP contribution in [0, 0.1) is 11.3 Å². The summed E-state index contributed by atoms with van der Waals surface area (Å²) < 4.78 is 5.08. The summed E-state index contributed by atoms with van der Waals surface area (Å²) in [6, 6.07) is 6.62. The molecular formula is C12H15N3O2. The first-order valence-electron chi connectivity index (χ1n) is 5.11. The topological polar surface area (TPSA) is 88.1 Å². The molecule has 1 aromatic rings. The van der Waals surface area contributed by atoms with Gasteiger partial charge >= 0.3 is 6.09 Å². The van der Waals surface area contributed by atoms with Gasteiger partial charge in [-0.15, -0.1) is 0 Å². The van der Waals surface area contributed by atoms with Crippen LogP contribution < -0.4 is 11.1 Å². The molecule has 0 atom stereocenters. The second kappa shape index (κ2) is 4.74. The van der Waals surface area contributed by atoms with Gasteiger partial charge in [0.25, 0.3) is 0 Å². The summed E-state index contributed by atoms with van der Waals surface area (Å²) in [4.78, 5) is 11.5. The van der Waals surface area contributed by atoms with Gasteiger partial charge in [0.05, 0.1) is 11.3 Å². The van der Waals surface area contributed by atoms with E-state index in [1.54, 1.807) is 32.9 Å². The molecule has 0 spiro atoms. The molecule has 0 bridgehead atoms. The lowest BCUT2D eigenvalue weighted by atomic mass is 10.2. The van der Waals surface area contributed by atoms with Gasteiger partial charge < -0.3 is 10.5 Å². The standard InChI is InChI=1S/C12H15N3O2/c1-12(2,3)17-11(16)15-10-5-4-9(14)6-8(10)7-13/h4-6H,14H2,1-3H3,(H,15,16). The average molecular weight is 233 g/mol. The predicted octanol–water partition coefficient (Wildman–Crippen LogP) is 2.49. The van der Waals surface area contributed by atoms with Crippen LogP contribution >= 0.6 is 0 Å². The van der Waals surface area contributed by atoms with E-state index in [2.05, 4.69) is 5.32 Å². The number of nitrogens with two attached hydrogens (primary N) is 1. The number of ether oxygens (including phenoxy) is 1.